The third kappa shape index (κ3) is 7.67. The third-order valence-corrected chi connectivity index (χ3v) is 3.57. The van der Waals surface area contributed by atoms with Gasteiger partial charge >= 0.3 is 6.18 Å². The van der Waals surface area contributed by atoms with Crippen LogP contribution in [0.5, 0.6) is 11.5 Å². The molecule has 0 aromatic heterocycles. The molecule has 0 radical (unpaired) electrons. The van der Waals surface area contributed by atoms with Crippen LogP contribution in [0.2, 0.25) is 0 Å². The van der Waals surface area contributed by atoms with Crippen molar-refractivity contribution < 1.29 is 27.4 Å². The smallest absolute Gasteiger partial charge is 0.411 e. The van der Waals surface area contributed by atoms with E-state index < -0.39 is 24.7 Å². The van der Waals surface area contributed by atoms with E-state index in [1.807, 2.05) is 42.5 Å². The van der Waals surface area contributed by atoms with Gasteiger partial charge in [0.15, 0.2) is 0 Å². The first kappa shape index (κ1) is 20.7. The number of amides is 1. The molecule has 2 rings (SSSR count). The lowest BCUT2D eigenvalue weighted by Gasteiger charge is -2.15. The third-order valence-electron chi connectivity index (χ3n) is 3.57. The largest absolute Gasteiger partial charge is 0.457 e. The van der Waals surface area contributed by atoms with E-state index in [-0.39, 0.29) is 19.6 Å². The zero-order chi connectivity index (χ0) is 19.7. The maximum absolute atomic E-state index is 12.0. The van der Waals surface area contributed by atoms with Crippen LogP contribution in [0, 0.1) is 0 Å². The standard InChI is InChI=1S/C19H21F3N2O3/c20-19(21,22)13-26-11-10-16(23)18(25)24-12-14-6-4-5-9-17(14)27-15-7-2-1-3-8-15/h1-9,16H,10-13,23H2,(H,24,25). The maximum atomic E-state index is 12.0. The lowest BCUT2D eigenvalue weighted by molar-refractivity contribution is -0.174. The molecule has 0 aliphatic carbocycles. The van der Waals surface area contributed by atoms with Crippen LogP contribution in [0.25, 0.3) is 0 Å². The fourth-order valence-corrected chi connectivity index (χ4v) is 2.21. The highest BCUT2D eigenvalue weighted by molar-refractivity contribution is 5.81. The second kappa shape index (κ2) is 9.94. The van der Waals surface area contributed by atoms with Crippen LogP contribution in [0.3, 0.4) is 0 Å². The fourth-order valence-electron chi connectivity index (χ4n) is 2.21. The second-order valence-electron chi connectivity index (χ2n) is 5.80. The zero-order valence-corrected chi connectivity index (χ0v) is 14.5. The number of nitrogens with two attached hydrogens (primary N) is 1. The van der Waals surface area contributed by atoms with Crippen molar-refractivity contribution in [3.05, 3.63) is 60.2 Å². The molecule has 0 bridgehead atoms. The van der Waals surface area contributed by atoms with Crippen LogP contribution in [-0.4, -0.2) is 31.3 Å². The second-order valence-corrected chi connectivity index (χ2v) is 5.80. The lowest BCUT2D eigenvalue weighted by atomic mass is 10.1. The minimum atomic E-state index is -4.39. The summed E-state index contributed by atoms with van der Waals surface area (Å²) in [6.45, 7) is -1.42. The van der Waals surface area contributed by atoms with Crippen LogP contribution >= 0.6 is 0 Å². The molecule has 0 saturated carbocycles. The van der Waals surface area contributed by atoms with Crippen LogP contribution in [-0.2, 0) is 16.1 Å². The van der Waals surface area contributed by atoms with E-state index in [1.54, 1.807) is 12.1 Å². The van der Waals surface area contributed by atoms with Crippen molar-refractivity contribution in [2.24, 2.45) is 5.73 Å². The average molecular weight is 382 g/mol. The number of alkyl halides is 3. The first-order chi connectivity index (χ1) is 12.8. The summed E-state index contributed by atoms with van der Waals surface area (Å²) in [4.78, 5) is 12.0. The van der Waals surface area contributed by atoms with E-state index in [2.05, 4.69) is 10.1 Å². The fraction of sp³-hybridized carbons (Fsp3) is 0.316. The highest BCUT2D eigenvalue weighted by atomic mass is 19.4. The molecule has 0 saturated heterocycles. The monoisotopic (exact) mass is 382 g/mol. The Morgan fingerprint density at radius 3 is 2.44 bits per heavy atom. The number of para-hydroxylation sites is 2. The molecule has 0 aliphatic rings. The number of halogens is 3. The van der Waals surface area contributed by atoms with E-state index in [9.17, 15) is 18.0 Å². The number of benzene rings is 2. The first-order valence-corrected chi connectivity index (χ1v) is 8.34. The van der Waals surface area contributed by atoms with Gasteiger partial charge in [-0.25, -0.2) is 0 Å². The van der Waals surface area contributed by atoms with Crippen molar-refractivity contribution in [2.75, 3.05) is 13.2 Å². The van der Waals surface area contributed by atoms with Gasteiger partial charge in [0, 0.05) is 18.7 Å². The molecule has 1 unspecified atom stereocenters. The van der Waals surface area contributed by atoms with Crippen molar-refractivity contribution >= 4 is 5.91 Å². The van der Waals surface area contributed by atoms with Crippen LogP contribution in [0.4, 0.5) is 13.2 Å². The van der Waals surface area contributed by atoms with Crippen LogP contribution in [0.1, 0.15) is 12.0 Å². The molecule has 8 heteroatoms. The number of hydrogen-bond acceptors (Lipinski definition) is 4. The minimum Gasteiger partial charge on any atom is -0.457 e. The van der Waals surface area contributed by atoms with Crippen molar-refractivity contribution in [3.8, 4) is 11.5 Å². The number of hydrogen-bond donors (Lipinski definition) is 2. The van der Waals surface area contributed by atoms with Gasteiger partial charge in [0.2, 0.25) is 5.91 Å². The van der Waals surface area contributed by atoms with Gasteiger partial charge in [0.05, 0.1) is 6.04 Å². The van der Waals surface area contributed by atoms with E-state index >= 15 is 0 Å². The minimum absolute atomic E-state index is 0.00985. The molecule has 1 amide bonds. The Bertz CT molecular complexity index is 724. The van der Waals surface area contributed by atoms with Gasteiger partial charge in [-0.1, -0.05) is 36.4 Å². The van der Waals surface area contributed by atoms with Gasteiger partial charge in [-0.05, 0) is 24.6 Å². The van der Waals surface area contributed by atoms with Crippen LogP contribution in [0.15, 0.2) is 54.6 Å². The Balaban J connectivity index is 1.82. The van der Waals surface area contributed by atoms with E-state index in [1.165, 1.54) is 0 Å². The SMILES string of the molecule is NC(CCOCC(F)(F)F)C(=O)NCc1ccccc1Oc1ccccc1. The molecule has 146 valence electrons. The van der Waals surface area contributed by atoms with Crippen molar-refractivity contribution in [3.63, 3.8) is 0 Å². The number of ether oxygens (including phenoxy) is 2. The summed E-state index contributed by atoms with van der Waals surface area (Å²) in [5.41, 5.74) is 6.43. The molecule has 2 aromatic rings. The summed E-state index contributed by atoms with van der Waals surface area (Å²) < 4.78 is 46.2. The normalized spacial score (nSPS) is 12.4. The highest BCUT2D eigenvalue weighted by Crippen LogP contribution is 2.24. The molecule has 5 nitrogen and oxygen atoms in total. The van der Waals surface area contributed by atoms with E-state index in [0.717, 1.165) is 5.56 Å². The van der Waals surface area contributed by atoms with Gasteiger partial charge in [0.25, 0.3) is 0 Å². The first-order valence-electron chi connectivity index (χ1n) is 8.34. The Morgan fingerprint density at radius 1 is 1.07 bits per heavy atom. The quantitative estimate of drug-likeness (QED) is 0.652. The average Bonchev–Trinajstić information content (AvgIpc) is 2.64. The Morgan fingerprint density at radius 2 is 1.74 bits per heavy atom. The molecule has 1 atom stereocenters. The highest BCUT2D eigenvalue weighted by Gasteiger charge is 2.27. The maximum Gasteiger partial charge on any atom is 0.411 e. The molecule has 0 spiro atoms. The van der Waals surface area contributed by atoms with Gasteiger partial charge < -0.3 is 20.5 Å². The summed E-state index contributed by atoms with van der Waals surface area (Å²) in [6.07, 6.45) is -4.40. The number of rotatable bonds is 9. The number of carbonyl (C=O) groups is 1. The lowest BCUT2D eigenvalue weighted by Crippen LogP contribution is -2.41. The van der Waals surface area contributed by atoms with E-state index in [0.29, 0.717) is 11.5 Å². The molecular formula is C19H21F3N2O3. The number of carbonyl (C=O) groups excluding carboxylic acids is 1. The number of nitrogens with one attached hydrogen (secondary N) is 1. The van der Waals surface area contributed by atoms with Gasteiger partial charge in [-0.2, -0.15) is 13.2 Å². The Kier molecular flexibility index (Phi) is 7.63. The Hall–Kier alpha value is -2.58. The topological polar surface area (TPSA) is 73.6 Å². The summed E-state index contributed by atoms with van der Waals surface area (Å²) in [5.74, 6) is 0.779. The van der Waals surface area contributed by atoms with Crippen molar-refractivity contribution in [1.82, 2.24) is 5.32 Å². The molecule has 0 aliphatic heterocycles. The molecule has 3 N–H and O–H groups in total. The predicted molar refractivity (Wildman–Crippen MR) is 94.3 cm³/mol. The molecule has 27 heavy (non-hydrogen) atoms. The van der Waals surface area contributed by atoms with Gasteiger partial charge in [0.1, 0.15) is 18.1 Å². The summed E-state index contributed by atoms with van der Waals surface area (Å²) in [6, 6.07) is 15.4. The summed E-state index contributed by atoms with van der Waals surface area (Å²) in [7, 11) is 0. The molecule has 0 fully saturated rings. The predicted octanol–water partition coefficient (Wildman–Crippen LogP) is 3.39. The Labute approximate surface area is 155 Å². The molecular weight excluding hydrogens is 361 g/mol. The summed E-state index contributed by atoms with van der Waals surface area (Å²) >= 11 is 0. The van der Waals surface area contributed by atoms with Crippen molar-refractivity contribution in [2.45, 2.75) is 25.2 Å². The van der Waals surface area contributed by atoms with E-state index in [4.69, 9.17) is 10.5 Å². The van der Waals surface area contributed by atoms with Crippen LogP contribution < -0.4 is 15.8 Å². The van der Waals surface area contributed by atoms with Gasteiger partial charge in [-0.3, -0.25) is 4.79 Å². The van der Waals surface area contributed by atoms with Gasteiger partial charge in [-0.15, -0.1) is 0 Å². The molecule has 0 heterocycles. The zero-order valence-electron chi connectivity index (χ0n) is 14.5. The molecule has 2 aromatic carbocycles. The summed E-state index contributed by atoms with van der Waals surface area (Å²) in [5, 5.41) is 2.66. The van der Waals surface area contributed by atoms with Crippen molar-refractivity contribution in [1.29, 1.82) is 0 Å².